The number of thiazole rings is 1. The molecule has 0 unspecified atom stereocenters. The molecule has 0 fully saturated rings. The lowest BCUT2D eigenvalue weighted by molar-refractivity contribution is 0.554. The third kappa shape index (κ3) is 3.54. The molecule has 0 bridgehead atoms. The number of benzene rings is 1. The molecule has 20 heavy (non-hydrogen) atoms. The molecule has 0 saturated heterocycles. The number of anilines is 1. The van der Waals surface area contributed by atoms with E-state index in [9.17, 15) is 12.8 Å². The number of hydrogen-bond acceptors (Lipinski definition) is 5. The van der Waals surface area contributed by atoms with Crippen molar-refractivity contribution < 1.29 is 12.8 Å². The van der Waals surface area contributed by atoms with Crippen molar-refractivity contribution in [3.8, 4) is 0 Å². The predicted octanol–water partition coefficient (Wildman–Crippen LogP) is 2.15. The fourth-order valence-corrected chi connectivity index (χ4v) is 3.90. The van der Waals surface area contributed by atoms with Gasteiger partial charge in [-0.25, -0.2) is 22.5 Å². The van der Waals surface area contributed by atoms with Crippen molar-refractivity contribution in [2.24, 2.45) is 0 Å². The lowest BCUT2D eigenvalue weighted by Gasteiger charge is -2.09. The van der Waals surface area contributed by atoms with Crippen molar-refractivity contribution in [3.63, 3.8) is 0 Å². The molecule has 2 rings (SSSR count). The van der Waals surface area contributed by atoms with Gasteiger partial charge in [-0.15, -0.1) is 11.3 Å². The normalized spacial score (nSPS) is 11.7. The summed E-state index contributed by atoms with van der Waals surface area (Å²) in [5, 5.41) is 1.83. The number of nitrogen functional groups attached to an aromatic ring is 1. The molecule has 9 heteroatoms. The van der Waals surface area contributed by atoms with E-state index in [0.29, 0.717) is 6.42 Å². The Kier molecular flexibility index (Phi) is 4.74. The number of nitrogens with zero attached hydrogens (tertiary/aromatic N) is 1. The minimum Gasteiger partial charge on any atom is -0.399 e. The number of sulfonamides is 1. The Balaban J connectivity index is 2.14. The molecule has 0 aliphatic carbocycles. The van der Waals surface area contributed by atoms with E-state index in [4.69, 9.17) is 5.73 Å². The van der Waals surface area contributed by atoms with Crippen LogP contribution in [0.4, 0.5) is 10.1 Å². The van der Waals surface area contributed by atoms with Crippen molar-refractivity contribution in [1.29, 1.82) is 0 Å². The van der Waals surface area contributed by atoms with Crippen LogP contribution >= 0.6 is 27.3 Å². The minimum absolute atomic E-state index is 0.0115. The number of hydrogen-bond donors (Lipinski definition) is 2. The fourth-order valence-electron chi connectivity index (χ4n) is 1.53. The van der Waals surface area contributed by atoms with E-state index in [2.05, 4.69) is 25.6 Å². The van der Waals surface area contributed by atoms with Crippen LogP contribution in [0.15, 0.2) is 32.4 Å². The van der Waals surface area contributed by atoms with Gasteiger partial charge < -0.3 is 5.73 Å². The summed E-state index contributed by atoms with van der Waals surface area (Å²) in [7, 11) is -3.95. The van der Waals surface area contributed by atoms with Crippen LogP contribution in [-0.4, -0.2) is 19.9 Å². The van der Waals surface area contributed by atoms with Gasteiger partial charge >= 0.3 is 0 Å². The number of rotatable bonds is 5. The fraction of sp³-hybridized carbons (Fsp3) is 0.182. The Morgan fingerprint density at radius 3 is 2.85 bits per heavy atom. The van der Waals surface area contributed by atoms with Crippen LogP contribution in [-0.2, 0) is 16.4 Å². The second kappa shape index (κ2) is 6.17. The Bertz CT molecular complexity index is 705. The maximum atomic E-state index is 13.8. The second-order valence-electron chi connectivity index (χ2n) is 3.94. The van der Waals surface area contributed by atoms with Crippen LogP contribution in [0, 0.1) is 5.82 Å². The lowest BCUT2D eigenvalue weighted by atomic mass is 10.3. The van der Waals surface area contributed by atoms with Gasteiger partial charge in [0.15, 0.2) is 5.82 Å². The average Bonchev–Trinajstić information content (AvgIpc) is 2.86. The topological polar surface area (TPSA) is 85.1 Å². The molecule has 0 aliphatic heterocycles. The zero-order valence-corrected chi connectivity index (χ0v) is 13.4. The molecular formula is C11H11BrFN3O2S2. The Morgan fingerprint density at radius 2 is 2.20 bits per heavy atom. The number of aromatic nitrogens is 1. The smallest absolute Gasteiger partial charge is 0.243 e. The van der Waals surface area contributed by atoms with Crippen molar-refractivity contribution >= 4 is 43.0 Å². The van der Waals surface area contributed by atoms with E-state index in [1.165, 1.54) is 17.4 Å². The molecule has 5 nitrogen and oxygen atoms in total. The molecule has 0 atom stereocenters. The molecule has 0 saturated carbocycles. The lowest BCUT2D eigenvalue weighted by Crippen LogP contribution is -2.27. The number of halogens is 2. The first-order chi connectivity index (χ1) is 9.40. The van der Waals surface area contributed by atoms with Crippen LogP contribution in [0.2, 0.25) is 0 Å². The molecule has 2 aromatic rings. The summed E-state index contributed by atoms with van der Waals surface area (Å²) in [4.78, 5) is 3.57. The van der Waals surface area contributed by atoms with E-state index in [1.54, 1.807) is 5.51 Å². The zero-order chi connectivity index (χ0) is 14.8. The molecule has 0 amide bonds. The summed E-state index contributed by atoms with van der Waals surface area (Å²) in [6.07, 6.45) is 0.438. The van der Waals surface area contributed by atoms with Crippen LogP contribution in [0.3, 0.4) is 0 Å². The summed E-state index contributed by atoms with van der Waals surface area (Å²) in [5.41, 5.74) is 8.15. The molecule has 3 N–H and O–H groups in total. The van der Waals surface area contributed by atoms with E-state index in [1.807, 2.05) is 5.38 Å². The summed E-state index contributed by atoms with van der Waals surface area (Å²) < 4.78 is 40.3. The van der Waals surface area contributed by atoms with Gasteiger partial charge in [0.2, 0.25) is 10.0 Å². The molecular weight excluding hydrogens is 369 g/mol. The van der Waals surface area contributed by atoms with Gasteiger partial charge in [0.25, 0.3) is 0 Å². The summed E-state index contributed by atoms with van der Waals surface area (Å²) >= 11 is 4.36. The SMILES string of the molecule is Nc1cc(Br)c(F)c(S(=O)(=O)NCCc2cscn2)c1. The van der Waals surface area contributed by atoms with Gasteiger partial charge in [-0.3, -0.25) is 0 Å². The van der Waals surface area contributed by atoms with Crippen molar-refractivity contribution in [3.05, 3.63) is 39.0 Å². The summed E-state index contributed by atoms with van der Waals surface area (Å²) in [5.74, 6) is -0.861. The first-order valence-corrected chi connectivity index (χ1v) is 8.73. The monoisotopic (exact) mass is 379 g/mol. The standard InChI is InChI=1S/C11H11BrFN3O2S2/c12-9-3-7(14)4-10(11(9)13)20(17,18)16-2-1-8-5-19-6-15-8/h3-6,16H,1-2,14H2. The maximum Gasteiger partial charge on any atom is 0.243 e. The Labute approximate surface area is 128 Å². The van der Waals surface area contributed by atoms with Gasteiger partial charge in [-0.05, 0) is 28.1 Å². The molecule has 0 spiro atoms. The first-order valence-electron chi connectivity index (χ1n) is 5.51. The van der Waals surface area contributed by atoms with E-state index in [-0.39, 0.29) is 16.7 Å². The number of nitrogens with two attached hydrogens (primary N) is 1. The highest BCUT2D eigenvalue weighted by Crippen LogP contribution is 2.25. The van der Waals surface area contributed by atoms with Crippen LogP contribution in [0.5, 0.6) is 0 Å². The highest BCUT2D eigenvalue weighted by Gasteiger charge is 2.21. The third-order valence-electron chi connectivity index (χ3n) is 2.46. The summed E-state index contributed by atoms with van der Waals surface area (Å²) in [6, 6.07) is 2.40. The van der Waals surface area contributed by atoms with E-state index >= 15 is 0 Å². The van der Waals surface area contributed by atoms with Crippen LogP contribution < -0.4 is 10.5 Å². The van der Waals surface area contributed by atoms with E-state index < -0.39 is 20.7 Å². The van der Waals surface area contributed by atoms with Crippen molar-refractivity contribution in [2.45, 2.75) is 11.3 Å². The van der Waals surface area contributed by atoms with Gasteiger partial charge in [0.05, 0.1) is 15.7 Å². The van der Waals surface area contributed by atoms with Crippen molar-refractivity contribution in [2.75, 3.05) is 12.3 Å². The quantitative estimate of drug-likeness (QED) is 0.779. The zero-order valence-electron chi connectivity index (χ0n) is 10.1. The third-order valence-corrected chi connectivity index (χ3v) is 5.14. The summed E-state index contributed by atoms with van der Waals surface area (Å²) in [6.45, 7) is 0.137. The highest BCUT2D eigenvalue weighted by atomic mass is 79.9. The van der Waals surface area contributed by atoms with Crippen molar-refractivity contribution in [1.82, 2.24) is 9.71 Å². The largest absolute Gasteiger partial charge is 0.399 e. The Hall–Kier alpha value is -1.03. The molecule has 1 aromatic heterocycles. The number of nitrogens with one attached hydrogen (secondary N) is 1. The Morgan fingerprint density at radius 1 is 1.45 bits per heavy atom. The molecule has 0 radical (unpaired) electrons. The first kappa shape index (κ1) is 15.4. The minimum atomic E-state index is -3.95. The molecule has 0 aliphatic rings. The predicted molar refractivity (Wildman–Crippen MR) is 79.5 cm³/mol. The molecule has 1 aromatic carbocycles. The average molecular weight is 380 g/mol. The van der Waals surface area contributed by atoms with Gasteiger partial charge in [-0.1, -0.05) is 0 Å². The molecule has 1 heterocycles. The van der Waals surface area contributed by atoms with Gasteiger partial charge in [-0.2, -0.15) is 0 Å². The maximum absolute atomic E-state index is 13.8. The van der Waals surface area contributed by atoms with E-state index in [0.717, 1.165) is 11.8 Å². The van der Waals surface area contributed by atoms with Gasteiger partial charge in [0.1, 0.15) is 4.90 Å². The molecule has 108 valence electrons. The van der Waals surface area contributed by atoms with Crippen LogP contribution in [0.1, 0.15) is 5.69 Å². The second-order valence-corrected chi connectivity index (χ2v) is 7.25. The highest BCUT2D eigenvalue weighted by molar-refractivity contribution is 9.10. The van der Waals surface area contributed by atoms with Crippen LogP contribution in [0.25, 0.3) is 0 Å². The van der Waals surface area contributed by atoms with Gasteiger partial charge in [0, 0.05) is 24.0 Å².